The van der Waals surface area contributed by atoms with E-state index in [9.17, 15) is 35.7 Å². The Hall–Kier alpha value is -1.38. The molecule has 30 heavy (non-hydrogen) atoms. The van der Waals surface area contributed by atoms with Crippen LogP contribution in [0.5, 0.6) is 5.75 Å². The molecule has 0 radical (unpaired) electrons. The average Bonchev–Trinajstić information content (AvgIpc) is 2.73. The number of rotatable bonds is 7. The summed E-state index contributed by atoms with van der Waals surface area (Å²) in [6, 6.07) is 6.50. The zero-order valence-corrected chi connectivity index (χ0v) is 16.1. The van der Waals surface area contributed by atoms with Crippen molar-refractivity contribution in [3.63, 3.8) is 0 Å². The van der Waals surface area contributed by atoms with E-state index in [4.69, 9.17) is 18.9 Å². The molecule has 9 atom stereocenters. The van der Waals surface area contributed by atoms with Gasteiger partial charge in [-0.25, -0.2) is 0 Å². The molecule has 0 unspecified atom stereocenters. The maximum atomic E-state index is 10.2. The summed E-state index contributed by atoms with van der Waals surface area (Å²) in [4.78, 5) is 0. The minimum atomic E-state index is -1.56. The van der Waals surface area contributed by atoms with Crippen molar-refractivity contribution in [3.8, 4) is 5.75 Å². The van der Waals surface area contributed by atoms with Gasteiger partial charge in [0.1, 0.15) is 48.5 Å². The standard InChI is InChI=1S/C19H28O11/c20-10-3-1-9(2-4-10)5-6-27-19-17(26)15(24)14(23)12(30-19)8-29-18-16(25)13(22)11(21)7-28-18/h1-4,11-26H,5-8H2/t11-,12-,13+,14-,15+,16-,17-,18+,19-/m1/s1. The van der Waals surface area contributed by atoms with Crippen LogP contribution in [0.3, 0.4) is 0 Å². The Kier molecular flexibility index (Phi) is 7.98. The lowest BCUT2D eigenvalue weighted by Crippen LogP contribution is -2.60. The van der Waals surface area contributed by atoms with Gasteiger partial charge < -0.3 is 54.7 Å². The fraction of sp³-hybridized carbons (Fsp3) is 0.684. The molecular weight excluding hydrogens is 404 g/mol. The van der Waals surface area contributed by atoms with Crippen LogP contribution >= 0.6 is 0 Å². The van der Waals surface area contributed by atoms with E-state index in [1.54, 1.807) is 12.1 Å². The number of phenols is 1. The lowest BCUT2D eigenvalue weighted by Gasteiger charge is -2.41. The molecule has 1 aromatic carbocycles. The number of aliphatic hydroxyl groups excluding tert-OH is 6. The second-order valence-corrected chi connectivity index (χ2v) is 7.39. The van der Waals surface area contributed by atoms with E-state index in [0.29, 0.717) is 6.42 Å². The Morgan fingerprint density at radius 3 is 2.17 bits per heavy atom. The maximum absolute atomic E-state index is 10.2. The smallest absolute Gasteiger partial charge is 0.186 e. The van der Waals surface area contributed by atoms with Gasteiger partial charge in [0, 0.05) is 0 Å². The van der Waals surface area contributed by atoms with Gasteiger partial charge in [-0.15, -0.1) is 0 Å². The topological polar surface area (TPSA) is 179 Å². The Bertz CT molecular complexity index is 656. The Morgan fingerprint density at radius 1 is 0.800 bits per heavy atom. The lowest BCUT2D eigenvalue weighted by molar-refractivity contribution is -0.320. The number of aliphatic hydroxyl groups is 6. The van der Waals surface area contributed by atoms with E-state index >= 15 is 0 Å². The molecule has 0 bridgehead atoms. The Labute approximate surface area is 172 Å². The highest BCUT2D eigenvalue weighted by Gasteiger charge is 2.45. The van der Waals surface area contributed by atoms with Crippen LogP contribution in [0.1, 0.15) is 5.56 Å². The van der Waals surface area contributed by atoms with Gasteiger partial charge in [0.25, 0.3) is 0 Å². The van der Waals surface area contributed by atoms with Gasteiger partial charge in [0.2, 0.25) is 0 Å². The molecule has 2 aliphatic heterocycles. The SMILES string of the molecule is Oc1ccc(CCO[C@@H]2O[C@H](CO[C@@H]3OC[C@@H](O)[C@H](O)[C@H]3O)[C@@H](O)[C@H](O)[C@H]2O)cc1. The van der Waals surface area contributed by atoms with Crippen LogP contribution in [0, 0.1) is 0 Å². The largest absolute Gasteiger partial charge is 0.508 e. The minimum Gasteiger partial charge on any atom is -0.508 e. The van der Waals surface area contributed by atoms with Crippen LogP contribution in [-0.2, 0) is 25.4 Å². The third-order valence-electron chi connectivity index (χ3n) is 5.16. The third kappa shape index (κ3) is 5.45. The zero-order chi connectivity index (χ0) is 21.8. The van der Waals surface area contributed by atoms with Crippen molar-refractivity contribution < 1.29 is 54.7 Å². The molecular formula is C19H28O11. The number of benzene rings is 1. The fourth-order valence-corrected chi connectivity index (χ4v) is 3.26. The van der Waals surface area contributed by atoms with Crippen molar-refractivity contribution in [3.05, 3.63) is 29.8 Å². The number of ether oxygens (including phenoxy) is 4. The summed E-state index contributed by atoms with van der Waals surface area (Å²) in [6.45, 7) is -0.452. The van der Waals surface area contributed by atoms with Crippen molar-refractivity contribution in [2.24, 2.45) is 0 Å². The van der Waals surface area contributed by atoms with E-state index in [1.165, 1.54) is 12.1 Å². The lowest BCUT2D eigenvalue weighted by atomic mass is 9.99. The van der Waals surface area contributed by atoms with Crippen LogP contribution in [0.2, 0.25) is 0 Å². The Morgan fingerprint density at radius 2 is 1.47 bits per heavy atom. The summed E-state index contributed by atoms with van der Waals surface area (Å²) in [7, 11) is 0. The second-order valence-electron chi connectivity index (χ2n) is 7.39. The molecule has 1 aromatic rings. The first-order valence-corrected chi connectivity index (χ1v) is 9.64. The van der Waals surface area contributed by atoms with Crippen LogP contribution < -0.4 is 0 Å². The number of phenolic OH excluding ortho intramolecular Hbond substituents is 1. The van der Waals surface area contributed by atoms with Gasteiger partial charge in [0.05, 0.1) is 19.8 Å². The minimum absolute atomic E-state index is 0.136. The molecule has 2 heterocycles. The predicted molar refractivity (Wildman–Crippen MR) is 98.2 cm³/mol. The van der Waals surface area contributed by atoms with Crippen LogP contribution in [0.15, 0.2) is 24.3 Å². The highest BCUT2D eigenvalue weighted by molar-refractivity contribution is 5.25. The fourth-order valence-electron chi connectivity index (χ4n) is 3.26. The summed E-state index contributed by atoms with van der Waals surface area (Å²) in [5.74, 6) is 0.139. The van der Waals surface area contributed by atoms with Crippen LogP contribution in [0.4, 0.5) is 0 Å². The van der Waals surface area contributed by atoms with E-state index in [-0.39, 0.29) is 25.6 Å². The van der Waals surface area contributed by atoms with Crippen molar-refractivity contribution >= 4 is 0 Å². The van der Waals surface area contributed by atoms with Gasteiger partial charge in [0.15, 0.2) is 12.6 Å². The van der Waals surface area contributed by atoms with Crippen molar-refractivity contribution in [1.82, 2.24) is 0 Å². The van der Waals surface area contributed by atoms with Crippen molar-refractivity contribution in [1.29, 1.82) is 0 Å². The molecule has 170 valence electrons. The molecule has 11 nitrogen and oxygen atoms in total. The quantitative estimate of drug-likeness (QED) is 0.237. The summed E-state index contributed by atoms with van der Waals surface area (Å²) in [6.07, 6.45) is -11.9. The molecule has 2 fully saturated rings. The normalized spacial score (nSPS) is 39.7. The van der Waals surface area contributed by atoms with E-state index in [0.717, 1.165) is 5.56 Å². The van der Waals surface area contributed by atoms with Gasteiger partial charge in [-0.3, -0.25) is 0 Å². The maximum Gasteiger partial charge on any atom is 0.186 e. The zero-order valence-electron chi connectivity index (χ0n) is 16.1. The van der Waals surface area contributed by atoms with Gasteiger partial charge in [-0.1, -0.05) is 12.1 Å². The monoisotopic (exact) mass is 432 g/mol. The van der Waals surface area contributed by atoms with Gasteiger partial charge in [-0.2, -0.15) is 0 Å². The second kappa shape index (κ2) is 10.3. The van der Waals surface area contributed by atoms with Gasteiger partial charge in [-0.05, 0) is 24.1 Å². The summed E-state index contributed by atoms with van der Waals surface area (Å²) >= 11 is 0. The molecule has 11 heteroatoms. The van der Waals surface area contributed by atoms with Crippen molar-refractivity contribution in [2.75, 3.05) is 19.8 Å². The number of hydrogen-bond donors (Lipinski definition) is 7. The molecule has 2 aliphatic rings. The van der Waals surface area contributed by atoms with E-state index < -0.39 is 55.3 Å². The predicted octanol–water partition coefficient (Wildman–Crippen LogP) is -2.79. The molecule has 0 amide bonds. The van der Waals surface area contributed by atoms with Gasteiger partial charge >= 0.3 is 0 Å². The van der Waals surface area contributed by atoms with Crippen molar-refractivity contribution in [2.45, 2.75) is 61.7 Å². The van der Waals surface area contributed by atoms with E-state index in [2.05, 4.69) is 0 Å². The first kappa shape index (κ1) is 23.3. The van der Waals surface area contributed by atoms with Crippen LogP contribution in [-0.4, -0.2) is 111 Å². The molecule has 7 N–H and O–H groups in total. The first-order valence-electron chi connectivity index (χ1n) is 9.64. The number of aromatic hydroxyl groups is 1. The first-order chi connectivity index (χ1) is 14.3. The highest BCUT2D eigenvalue weighted by atomic mass is 16.7. The third-order valence-corrected chi connectivity index (χ3v) is 5.16. The molecule has 0 saturated carbocycles. The number of hydrogen-bond acceptors (Lipinski definition) is 11. The highest BCUT2D eigenvalue weighted by Crippen LogP contribution is 2.24. The summed E-state index contributed by atoms with van der Waals surface area (Å²) < 4.78 is 21.5. The molecule has 0 aliphatic carbocycles. The Balaban J connectivity index is 1.51. The summed E-state index contributed by atoms with van der Waals surface area (Å²) in [5.41, 5.74) is 0.878. The molecule has 3 rings (SSSR count). The molecule has 2 saturated heterocycles. The molecule has 0 spiro atoms. The van der Waals surface area contributed by atoms with Crippen LogP contribution in [0.25, 0.3) is 0 Å². The summed E-state index contributed by atoms with van der Waals surface area (Å²) in [5, 5.41) is 68.7. The van der Waals surface area contributed by atoms with E-state index in [1.807, 2.05) is 0 Å². The molecule has 0 aromatic heterocycles. The average molecular weight is 432 g/mol.